The van der Waals surface area contributed by atoms with Crippen LogP contribution in [0.2, 0.25) is 0 Å². The van der Waals surface area contributed by atoms with Crippen LogP contribution in [0, 0.1) is 12.3 Å². The lowest BCUT2D eigenvalue weighted by molar-refractivity contribution is 0.381. The van der Waals surface area contributed by atoms with Gasteiger partial charge in [-0.2, -0.15) is 0 Å². The maximum Gasteiger partial charge on any atom is 0.154 e. The number of aryl methyl sites for hydroxylation is 2. The highest BCUT2D eigenvalue weighted by molar-refractivity contribution is 6.10. The minimum absolute atomic E-state index is 0.304. The van der Waals surface area contributed by atoms with Crippen molar-refractivity contribution >= 4 is 11.7 Å². The van der Waals surface area contributed by atoms with Crippen molar-refractivity contribution in [1.82, 2.24) is 4.90 Å². The molecule has 2 aromatic carbocycles. The summed E-state index contributed by atoms with van der Waals surface area (Å²) in [6, 6.07) is 17.1. The first-order chi connectivity index (χ1) is 14.0. The predicted octanol–water partition coefficient (Wildman–Crippen LogP) is 6.62. The highest BCUT2D eigenvalue weighted by Crippen LogP contribution is 2.15. The lowest BCUT2D eigenvalue weighted by atomic mass is 10.0. The molecule has 3 nitrogen and oxygen atoms in total. The Labute approximate surface area is 177 Å². The molecule has 29 heavy (non-hydrogen) atoms. The average molecular weight is 392 g/mol. The molecular formula is C26H37N3. The Morgan fingerprint density at radius 3 is 2.14 bits per heavy atom. The highest BCUT2D eigenvalue weighted by atomic mass is 15.2. The molecule has 0 bridgehead atoms. The van der Waals surface area contributed by atoms with Crippen LogP contribution >= 0.6 is 0 Å². The van der Waals surface area contributed by atoms with Crippen LogP contribution in [0.3, 0.4) is 0 Å². The summed E-state index contributed by atoms with van der Waals surface area (Å²) < 4.78 is 0. The van der Waals surface area contributed by atoms with E-state index in [0.29, 0.717) is 11.9 Å². The van der Waals surface area contributed by atoms with E-state index in [1.165, 1.54) is 36.8 Å². The van der Waals surface area contributed by atoms with Crippen LogP contribution in [0.4, 0.5) is 0 Å². The van der Waals surface area contributed by atoms with Crippen molar-refractivity contribution < 1.29 is 0 Å². The molecule has 0 spiro atoms. The summed E-state index contributed by atoms with van der Waals surface area (Å²) in [7, 11) is 2.08. The molecule has 0 amide bonds. The molecule has 0 fully saturated rings. The lowest BCUT2D eigenvalue weighted by Gasteiger charge is -2.28. The number of amidine groups is 2. The second kappa shape index (κ2) is 11.5. The lowest BCUT2D eigenvalue weighted by Crippen LogP contribution is -2.36. The highest BCUT2D eigenvalue weighted by Gasteiger charge is 2.16. The minimum Gasteiger partial charge on any atom is -0.356 e. The van der Waals surface area contributed by atoms with Crippen LogP contribution in [-0.2, 0) is 6.42 Å². The van der Waals surface area contributed by atoms with E-state index in [0.717, 1.165) is 29.8 Å². The Bertz CT molecular complexity index is 788. The van der Waals surface area contributed by atoms with Gasteiger partial charge in [-0.25, -0.2) is 4.99 Å². The third kappa shape index (κ3) is 6.85. The molecule has 0 radical (unpaired) electrons. The van der Waals surface area contributed by atoms with Gasteiger partial charge >= 0.3 is 0 Å². The molecule has 3 heteroatoms. The summed E-state index contributed by atoms with van der Waals surface area (Å²) in [6.45, 7) is 8.69. The van der Waals surface area contributed by atoms with Gasteiger partial charge in [-0.05, 0) is 38.7 Å². The Kier molecular flexibility index (Phi) is 9.11. The Balaban J connectivity index is 2.25. The standard InChI is InChI=1S/C26H37N3/c1-6-8-9-10-11-22-14-18-24(19-15-22)26(29(5)21(4)7-2)28-25(27)23-16-12-20(3)13-17-23/h12-19,21,27H,6-11H2,1-5H3. The zero-order valence-electron chi connectivity index (χ0n) is 18.8. The molecule has 2 aromatic rings. The zero-order chi connectivity index (χ0) is 21.2. The van der Waals surface area contributed by atoms with E-state index >= 15 is 0 Å². The van der Waals surface area contributed by atoms with Crippen LogP contribution in [0.1, 0.15) is 75.1 Å². The van der Waals surface area contributed by atoms with Crippen molar-refractivity contribution in [3.8, 4) is 0 Å². The number of hydrogen-bond donors (Lipinski definition) is 1. The van der Waals surface area contributed by atoms with Crippen molar-refractivity contribution in [1.29, 1.82) is 5.41 Å². The van der Waals surface area contributed by atoms with E-state index < -0.39 is 0 Å². The normalized spacial score (nSPS) is 12.7. The topological polar surface area (TPSA) is 39.5 Å². The van der Waals surface area contributed by atoms with Crippen LogP contribution < -0.4 is 0 Å². The molecule has 1 unspecified atom stereocenters. The molecule has 0 heterocycles. The molecular weight excluding hydrogens is 354 g/mol. The number of nitrogens with zero attached hydrogens (tertiary/aromatic N) is 2. The summed E-state index contributed by atoms with van der Waals surface area (Å²) in [5.74, 6) is 1.17. The maximum atomic E-state index is 8.53. The molecule has 1 N–H and O–H groups in total. The monoisotopic (exact) mass is 391 g/mol. The van der Waals surface area contributed by atoms with Gasteiger partial charge < -0.3 is 4.90 Å². The van der Waals surface area contributed by atoms with Crippen molar-refractivity contribution in [2.24, 2.45) is 4.99 Å². The third-order valence-electron chi connectivity index (χ3n) is 5.66. The molecule has 0 saturated carbocycles. The maximum absolute atomic E-state index is 8.53. The van der Waals surface area contributed by atoms with Gasteiger partial charge in [0, 0.05) is 24.2 Å². The zero-order valence-corrected chi connectivity index (χ0v) is 18.8. The van der Waals surface area contributed by atoms with E-state index in [-0.39, 0.29) is 0 Å². The van der Waals surface area contributed by atoms with E-state index in [4.69, 9.17) is 10.4 Å². The summed E-state index contributed by atoms with van der Waals surface area (Å²) in [5.41, 5.74) is 4.49. The van der Waals surface area contributed by atoms with E-state index in [1.54, 1.807) is 0 Å². The van der Waals surface area contributed by atoms with Crippen LogP contribution in [0.5, 0.6) is 0 Å². The van der Waals surface area contributed by atoms with E-state index in [9.17, 15) is 0 Å². The summed E-state index contributed by atoms with van der Waals surface area (Å²) in [4.78, 5) is 6.95. The van der Waals surface area contributed by atoms with Gasteiger partial charge in [0.1, 0.15) is 5.84 Å². The number of benzene rings is 2. The molecule has 0 aromatic heterocycles. The SMILES string of the molecule is CCCCCCc1ccc(C(=NC(=N)c2ccc(C)cc2)N(C)C(C)CC)cc1. The molecule has 0 aliphatic carbocycles. The van der Waals surface area contributed by atoms with Gasteiger partial charge in [-0.1, -0.05) is 87.2 Å². The quantitative estimate of drug-likeness (QED) is 0.291. The summed E-state index contributed by atoms with van der Waals surface area (Å²) >= 11 is 0. The fourth-order valence-corrected chi connectivity index (χ4v) is 3.29. The molecule has 0 saturated heterocycles. The Morgan fingerprint density at radius 1 is 0.931 bits per heavy atom. The first-order valence-corrected chi connectivity index (χ1v) is 11.0. The van der Waals surface area contributed by atoms with Crippen molar-refractivity contribution in [3.63, 3.8) is 0 Å². The van der Waals surface area contributed by atoms with Gasteiger partial charge in [-0.15, -0.1) is 0 Å². The average Bonchev–Trinajstić information content (AvgIpc) is 2.75. The largest absolute Gasteiger partial charge is 0.356 e. The third-order valence-corrected chi connectivity index (χ3v) is 5.66. The van der Waals surface area contributed by atoms with Crippen LogP contribution in [0.25, 0.3) is 0 Å². The Morgan fingerprint density at radius 2 is 1.55 bits per heavy atom. The summed E-state index contributed by atoms with van der Waals surface area (Å²) in [5, 5.41) is 8.53. The summed E-state index contributed by atoms with van der Waals surface area (Å²) in [6.07, 6.45) is 7.30. The van der Waals surface area contributed by atoms with Gasteiger partial charge in [-0.3, -0.25) is 5.41 Å². The molecule has 0 aliphatic rings. The fraction of sp³-hybridized carbons (Fsp3) is 0.462. The molecule has 1 atom stereocenters. The predicted molar refractivity (Wildman–Crippen MR) is 126 cm³/mol. The van der Waals surface area contributed by atoms with Crippen molar-refractivity contribution in [2.75, 3.05) is 7.05 Å². The van der Waals surface area contributed by atoms with Gasteiger partial charge in [0.15, 0.2) is 5.84 Å². The fourth-order valence-electron chi connectivity index (χ4n) is 3.29. The number of unbranched alkanes of at least 4 members (excludes halogenated alkanes) is 3. The minimum atomic E-state index is 0.304. The number of hydrogen-bond acceptors (Lipinski definition) is 1. The smallest absolute Gasteiger partial charge is 0.154 e. The van der Waals surface area contributed by atoms with E-state index in [2.05, 4.69) is 63.9 Å². The number of aliphatic imine (C=N–C) groups is 1. The number of rotatable bonds is 9. The molecule has 156 valence electrons. The first kappa shape index (κ1) is 22.9. The first-order valence-electron chi connectivity index (χ1n) is 11.0. The van der Waals surface area contributed by atoms with Crippen LogP contribution in [-0.4, -0.2) is 29.7 Å². The van der Waals surface area contributed by atoms with Gasteiger partial charge in [0.25, 0.3) is 0 Å². The van der Waals surface area contributed by atoms with Gasteiger partial charge in [0.2, 0.25) is 0 Å². The van der Waals surface area contributed by atoms with E-state index in [1.807, 2.05) is 24.3 Å². The second-order valence-corrected chi connectivity index (χ2v) is 8.03. The second-order valence-electron chi connectivity index (χ2n) is 8.03. The van der Waals surface area contributed by atoms with Crippen molar-refractivity contribution in [3.05, 3.63) is 70.8 Å². The molecule has 0 aliphatic heterocycles. The van der Waals surface area contributed by atoms with Gasteiger partial charge in [0.05, 0.1) is 0 Å². The Hall–Kier alpha value is -2.42. The number of nitrogens with one attached hydrogen (secondary N) is 1. The molecule has 2 rings (SSSR count). The van der Waals surface area contributed by atoms with Crippen molar-refractivity contribution in [2.45, 2.75) is 72.3 Å². The van der Waals surface area contributed by atoms with Crippen LogP contribution in [0.15, 0.2) is 53.5 Å².